The molecule has 0 amide bonds. The normalized spacial score (nSPS) is 11.6. The highest BCUT2D eigenvalue weighted by Gasteiger charge is 2.22. The second-order valence-electron chi connectivity index (χ2n) is 3.47. The minimum atomic E-state index is -3.37. The number of H-pyrrole nitrogens is 1. The summed E-state index contributed by atoms with van der Waals surface area (Å²) in [5, 5.41) is 0. The molecule has 1 aromatic heterocycles. The Bertz CT molecular complexity index is 668. The molecule has 1 heterocycles. The van der Waals surface area contributed by atoms with Crippen molar-refractivity contribution in [3.63, 3.8) is 0 Å². The lowest BCUT2D eigenvalue weighted by Gasteiger charge is -2.01. The lowest BCUT2D eigenvalue weighted by Crippen LogP contribution is -2.07. The van der Waals surface area contributed by atoms with Gasteiger partial charge in [-0.05, 0) is 17.1 Å². The zero-order valence-corrected chi connectivity index (χ0v) is 10.8. The monoisotopic (exact) mass is 269 g/mol. The molecule has 0 unspecified atom stereocenters. The standard InChI is InChI=1S/C11H11NO3S2/c1-2-17(14,15)11-9(10(13)12-16-11)8-6-4-3-5-7-8/h3-7H,2H2,1H3,(H,12,13). The van der Waals surface area contributed by atoms with E-state index in [0.717, 1.165) is 11.5 Å². The highest BCUT2D eigenvalue weighted by molar-refractivity contribution is 7.93. The second kappa shape index (κ2) is 4.46. The first-order chi connectivity index (χ1) is 8.06. The van der Waals surface area contributed by atoms with Gasteiger partial charge in [-0.15, -0.1) is 0 Å². The van der Waals surface area contributed by atoms with Gasteiger partial charge in [-0.25, -0.2) is 8.42 Å². The minimum Gasteiger partial charge on any atom is -0.276 e. The van der Waals surface area contributed by atoms with Crippen molar-refractivity contribution in [1.29, 1.82) is 0 Å². The Hall–Kier alpha value is -1.40. The average molecular weight is 269 g/mol. The van der Waals surface area contributed by atoms with E-state index >= 15 is 0 Å². The molecule has 0 bridgehead atoms. The molecule has 90 valence electrons. The number of benzene rings is 1. The summed E-state index contributed by atoms with van der Waals surface area (Å²) in [7, 11) is -3.37. The first kappa shape index (κ1) is 12.1. The van der Waals surface area contributed by atoms with Crippen LogP contribution in [0.3, 0.4) is 0 Å². The molecule has 0 aliphatic heterocycles. The Morgan fingerprint density at radius 2 is 1.88 bits per heavy atom. The van der Waals surface area contributed by atoms with Crippen molar-refractivity contribution in [2.45, 2.75) is 11.1 Å². The predicted octanol–water partition coefficient (Wildman–Crippen LogP) is 1.90. The van der Waals surface area contributed by atoms with Crippen molar-refractivity contribution in [3.05, 3.63) is 40.7 Å². The second-order valence-corrected chi connectivity index (χ2v) is 6.76. The third kappa shape index (κ3) is 2.18. The van der Waals surface area contributed by atoms with Crippen molar-refractivity contribution < 1.29 is 8.42 Å². The van der Waals surface area contributed by atoms with E-state index in [4.69, 9.17) is 0 Å². The summed E-state index contributed by atoms with van der Waals surface area (Å²) < 4.78 is 26.3. The van der Waals surface area contributed by atoms with Gasteiger partial charge in [-0.2, -0.15) is 0 Å². The van der Waals surface area contributed by atoms with Gasteiger partial charge in [-0.1, -0.05) is 37.3 Å². The third-order valence-corrected chi connectivity index (χ3v) is 5.61. The van der Waals surface area contributed by atoms with E-state index in [1.165, 1.54) is 0 Å². The van der Waals surface area contributed by atoms with Crippen molar-refractivity contribution in [1.82, 2.24) is 4.37 Å². The highest BCUT2D eigenvalue weighted by Crippen LogP contribution is 2.27. The van der Waals surface area contributed by atoms with E-state index in [1.807, 2.05) is 6.07 Å². The molecule has 1 aromatic carbocycles. The summed E-state index contributed by atoms with van der Waals surface area (Å²) in [4.78, 5) is 11.7. The molecular formula is C11H11NO3S2. The van der Waals surface area contributed by atoms with Crippen LogP contribution in [-0.2, 0) is 9.84 Å². The maximum atomic E-state index is 11.9. The van der Waals surface area contributed by atoms with Crippen molar-refractivity contribution in [2.24, 2.45) is 0 Å². The van der Waals surface area contributed by atoms with Crippen LogP contribution in [0.2, 0.25) is 0 Å². The molecule has 0 saturated heterocycles. The lowest BCUT2D eigenvalue weighted by atomic mass is 10.1. The zero-order chi connectivity index (χ0) is 12.5. The fraction of sp³-hybridized carbons (Fsp3) is 0.182. The minimum absolute atomic E-state index is 0.0133. The molecule has 0 aliphatic carbocycles. The SMILES string of the molecule is CCS(=O)(=O)c1s[nH]c(=O)c1-c1ccccc1. The first-order valence-corrected chi connectivity index (χ1v) is 7.53. The van der Waals surface area contributed by atoms with Crippen LogP contribution in [0, 0.1) is 0 Å². The molecule has 0 fully saturated rings. The molecule has 0 spiro atoms. The molecule has 2 rings (SSSR count). The summed E-state index contributed by atoms with van der Waals surface area (Å²) >= 11 is 0.877. The molecule has 0 radical (unpaired) electrons. The number of hydrogen-bond donors (Lipinski definition) is 1. The number of aromatic nitrogens is 1. The topological polar surface area (TPSA) is 67.0 Å². The molecule has 2 aromatic rings. The predicted molar refractivity (Wildman–Crippen MR) is 68.1 cm³/mol. The van der Waals surface area contributed by atoms with Crippen LogP contribution in [0.25, 0.3) is 11.1 Å². The van der Waals surface area contributed by atoms with Gasteiger partial charge in [0.25, 0.3) is 5.56 Å². The Morgan fingerprint density at radius 1 is 1.24 bits per heavy atom. The fourth-order valence-electron chi connectivity index (χ4n) is 1.49. The van der Waals surface area contributed by atoms with Gasteiger partial charge in [0.1, 0.15) is 4.21 Å². The van der Waals surface area contributed by atoms with E-state index < -0.39 is 9.84 Å². The Morgan fingerprint density at radius 3 is 2.47 bits per heavy atom. The first-order valence-electron chi connectivity index (χ1n) is 5.06. The molecule has 17 heavy (non-hydrogen) atoms. The van der Waals surface area contributed by atoms with Crippen LogP contribution in [0.4, 0.5) is 0 Å². The summed E-state index contributed by atoms with van der Waals surface area (Å²) in [6, 6.07) is 8.82. The van der Waals surface area contributed by atoms with E-state index in [0.29, 0.717) is 5.56 Å². The van der Waals surface area contributed by atoms with Gasteiger partial charge in [0.15, 0.2) is 9.84 Å². The molecule has 6 heteroatoms. The van der Waals surface area contributed by atoms with Gasteiger partial charge < -0.3 is 0 Å². The number of sulfone groups is 1. The van der Waals surface area contributed by atoms with E-state index in [1.54, 1.807) is 31.2 Å². The number of hydrogen-bond acceptors (Lipinski definition) is 4. The third-order valence-electron chi connectivity index (χ3n) is 2.39. The molecule has 0 saturated carbocycles. The maximum absolute atomic E-state index is 11.9. The summed E-state index contributed by atoms with van der Waals surface area (Å²) in [5.74, 6) is -0.0133. The van der Waals surface area contributed by atoms with Gasteiger partial charge in [-0.3, -0.25) is 9.17 Å². The van der Waals surface area contributed by atoms with Gasteiger partial charge in [0.2, 0.25) is 0 Å². The molecule has 4 nitrogen and oxygen atoms in total. The van der Waals surface area contributed by atoms with Crippen LogP contribution in [0.5, 0.6) is 0 Å². The van der Waals surface area contributed by atoms with Crippen LogP contribution >= 0.6 is 11.5 Å². The molecule has 1 N–H and O–H groups in total. The summed E-state index contributed by atoms with van der Waals surface area (Å²) in [6.45, 7) is 1.56. The average Bonchev–Trinajstić information content (AvgIpc) is 2.73. The smallest absolute Gasteiger partial charge is 0.267 e. The van der Waals surface area contributed by atoms with Gasteiger partial charge in [0.05, 0.1) is 11.3 Å². The number of rotatable bonds is 3. The molecule has 0 atom stereocenters. The summed E-state index contributed by atoms with van der Waals surface area (Å²) in [5.41, 5.74) is 0.521. The van der Waals surface area contributed by atoms with Crippen LogP contribution in [0.1, 0.15) is 6.92 Å². The largest absolute Gasteiger partial charge is 0.276 e. The highest BCUT2D eigenvalue weighted by atomic mass is 32.2. The fourth-order valence-corrected chi connectivity index (χ4v) is 3.86. The lowest BCUT2D eigenvalue weighted by molar-refractivity contribution is 0.599. The quantitative estimate of drug-likeness (QED) is 0.925. The zero-order valence-electron chi connectivity index (χ0n) is 9.14. The maximum Gasteiger partial charge on any atom is 0.267 e. The van der Waals surface area contributed by atoms with Crippen molar-refractivity contribution >= 4 is 21.4 Å². The van der Waals surface area contributed by atoms with Gasteiger partial charge >= 0.3 is 0 Å². The Labute approximate surface area is 103 Å². The Balaban J connectivity index is 2.72. The number of nitrogens with one attached hydrogen (secondary N) is 1. The Kier molecular flexibility index (Phi) is 3.17. The van der Waals surface area contributed by atoms with Crippen molar-refractivity contribution in [3.8, 4) is 11.1 Å². The van der Waals surface area contributed by atoms with E-state index in [2.05, 4.69) is 4.37 Å². The van der Waals surface area contributed by atoms with Gasteiger partial charge in [0, 0.05) is 0 Å². The van der Waals surface area contributed by atoms with E-state index in [-0.39, 0.29) is 21.1 Å². The summed E-state index contributed by atoms with van der Waals surface area (Å²) in [6.07, 6.45) is 0. The molecule has 0 aliphatic rings. The molecular weight excluding hydrogens is 258 g/mol. The van der Waals surface area contributed by atoms with Crippen LogP contribution < -0.4 is 5.56 Å². The van der Waals surface area contributed by atoms with E-state index in [9.17, 15) is 13.2 Å². The van der Waals surface area contributed by atoms with Crippen molar-refractivity contribution in [2.75, 3.05) is 5.75 Å². The van der Waals surface area contributed by atoms with Crippen LogP contribution in [-0.4, -0.2) is 18.5 Å². The van der Waals surface area contributed by atoms with Crippen LogP contribution in [0.15, 0.2) is 39.3 Å². The number of aromatic amines is 1.